The molecule has 0 unspecified atom stereocenters. The Hall–Kier alpha value is -7.16. The van der Waals surface area contributed by atoms with Gasteiger partial charge in [0.2, 0.25) is 5.13 Å². The third-order valence-electron chi connectivity index (χ3n) is 9.97. The van der Waals surface area contributed by atoms with Crippen LogP contribution in [0.25, 0.3) is 32.8 Å². The van der Waals surface area contributed by atoms with Crippen LogP contribution in [-0.2, 0) is 40.5 Å². The average molecular weight is 1050 g/mol. The minimum Gasteiger partial charge on any atom is -0.339 e. The number of thiazole rings is 1. The lowest BCUT2D eigenvalue weighted by Gasteiger charge is -2.16. The lowest BCUT2D eigenvalue weighted by molar-refractivity contribution is 0.481. The molecular formula is C42H28ClN9O12S5. The molecular weight excluding hydrogens is 1020 g/mol. The third-order valence-corrected chi connectivity index (χ3v) is 14.5. The van der Waals surface area contributed by atoms with E-state index >= 15 is 0 Å². The Morgan fingerprint density at radius 3 is 1.75 bits per heavy atom. The van der Waals surface area contributed by atoms with Gasteiger partial charge in [0.05, 0.1) is 21.0 Å². The van der Waals surface area contributed by atoms with Crippen LogP contribution < -0.4 is 10.6 Å². The predicted octanol–water partition coefficient (Wildman–Crippen LogP) is 10.6. The fourth-order valence-corrected chi connectivity index (χ4v) is 10.2. The molecule has 0 fully saturated rings. The van der Waals surface area contributed by atoms with Gasteiger partial charge in [0, 0.05) is 38.3 Å². The number of fused-ring (bicyclic) bond motifs is 2. The molecule has 8 aromatic rings. The Balaban J connectivity index is 1.26. The number of benzene rings is 6. The fraction of sp³-hybridized carbons (Fsp3) is 0.0238. The number of hydrogen-bond donors (Lipinski definition) is 6. The van der Waals surface area contributed by atoms with Crippen LogP contribution in [0.3, 0.4) is 0 Å². The first kappa shape index (κ1) is 48.3. The average Bonchev–Trinajstić information content (AvgIpc) is 3.69. The largest absolute Gasteiger partial charge is 0.339 e. The van der Waals surface area contributed by atoms with E-state index in [0.717, 1.165) is 70.6 Å². The van der Waals surface area contributed by atoms with Crippen LogP contribution in [-0.4, -0.2) is 61.9 Å². The van der Waals surface area contributed by atoms with E-state index < -0.39 is 55.2 Å². The van der Waals surface area contributed by atoms with Gasteiger partial charge in [-0.15, -0.1) is 20.5 Å². The van der Waals surface area contributed by atoms with E-state index in [1.807, 2.05) is 36.4 Å². The summed E-state index contributed by atoms with van der Waals surface area (Å²) in [6.45, 7) is 1.53. The lowest BCUT2D eigenvalue weighted by atomic mass is 10.1. The molecule has 8 rings (SSSR count). The molecule has 350 valence electrons. The lowest BCUT2D eigenvalue weighted by Crippen LogP contribution is -2.05. The molecule has 6 N–H and O–H groups in total. The summed E-state index contributed by atoms with van der Waals surface area (Å²) in [5.41, 5.74) is 1.08. The van der Waals surface area contributed by atoms with Gasteiger partial charge in [-0.3, -0.25) is 18.2 Å². The van der Waals surface area contributed by atoms with Crippen molar-refractivity contribution in [3.8, 4) is 17.3 Å². The van der Waals surface area contributed by atoms with Crippen molar-refractivity contribution in [3.05, 3.63) is 131 Å². The van der Waals surface area contributed by atoms with Crippen molar-refractivity contribution >= 4 is 129 Å². The Bertz CT molecular complexity index is 4000. The van der Waals surface area contributed by atoms with Gasteiger partial charge in [0.25, 0.3) is 40.5 Å². The SMILES string of the molecule is Cc1c(C#N)c(Nc2ccc(S(=O)(=O)O)cc2)nc(Nc2ccc(S(=O)(=O)O)cc2)c1/N=N/c1nc(-c2ccc3ccccc3c2)c(/N=N/c2cc(S(=O)(=O)O)c3cc(Cl)cc(S(=O)(=O)O)c3c2)s1. The normalized spacial score (nSPS) is 12.5. The smallest absolute Gasteiger partial charge is 0.295 e. The number of pyridine rings is 1. The second-order valence-electron chi connectivity index (χ2n) is 14.5. The molecule has 6 aromatic carbocycles. The molecule has 69 heavy (non-hydrogen) atoms. The van der Waals surface area contributed by atoms with Gasteiger partial charge in [-0.2, -0.15) is 38.9 Å². The first-order valence-electron chi connectivity index (χ1n) is 19.2. The summed E-state index contributed by atoms with van der Waals surface area (Å²) in [7, 11) is -19.1. The van der Waals surface area contributed by atoms with Gasteiger partial charge in [-0.25, -0.2) is 9.97 Å². The van der Waals surface area contributed by atoms with Crippen molar-refractivity contribution in [2.24, 2.45) is 20.5 Å². The van der Waals surface area contributed by atoms with Gasteiger partial charge >= 0.3 is 0 Å². The zero-order valence-corrected chi connectivity index (χ0v) is 39.4. The molecule has 21 nitrogen and oxygen atoms in total. The van der Waals surface area contributed by atoms with Crippen molar-refractivity contribution < 1.29 is 51.9 Å². The van der Waals surface area contributed by atoms with Crippen molar-refractivity contribution in [2.45, 2.75) is 26.5 Å². The van der Waals surface area contributed by atoms with E-state index in [2.05, 4.69) is 47.1 Å². The van der Waals surface area contributed by atoms with Crippen molar-refractivity contribution in [1.82, 2.24) is 9.97 Å². The number of aromatic nitrogens is 2. The van der Waals surface area contributed by atoms with Crippen LogP contribution in [0.15, 0.2) is 155 Å². The molecule has 0 saturated carbocycles. The van der Waals surface area contributed by atoms with Crippen molar-refractivity contribution in [1.29, 1.82) is 5.26 Å². The molecule has 27 heteroatoms. The van der Waals surface area contributed by atoms with Crippen LogP contribution in [0.5, 0.6) is 0 Å². The van der Waals surface area contributed by atoms with Gasteiger partial charge in [0.1, 0.15) is 27.2 Å². The Kier molecular flexibility index (Phi) is 12.9. The highest BCUT2D eigenvalue weighted by molar-refractivity contribution is 7.86. The van der Waals surface area contributed by atoms with E-state index in [1.165, 1.54) is 31.2 Å². The van der Waals surface area contributed by atoms with E-state index in [0.29, 0.717) is 5.56 Å². The topological polar surface area (TPSA) is 341 Å². The Labute approximate surface area is 400 Å². The van der Waals surface area contributed by atoms with Crippen LogP contribution in [0.4, 0.5) is 44.5 Å². The van der Waals surface area contributed by atoms with Crippen LogP contribution in [0, 0.1) is 18.3 Å². The molecule has 0 bridgehead atoms. The third kappa shape index (κ3) is 10.6. The molecule has 2 aromatic heterocycles. The number of nitriles is 1. The summed E-state index contributed by atoms with van der Waals surface area (Å²) >= 11 is 6.91. The van der Waals surface area contributed by atoms with Crippen LogP contribution in [0.1, 0.15) is 11.1 Å². The summed E-state index contributed by atoms with van der Waals surface area (Å²) < 4.78 is 136. The number of nitrogens with zero attached hydrogens (tertiary/aromatic N) is 7. The highest BCUT2D eigenvalue weighted by Gasteiger charge is 2.24. The van der Waals surface area contributed by atoms with Crippen LogP contribution >= 0.6 is 22.9 Å². The standard InChI is InChI=1S/C42H28ClN9O12S5/c1-22-34(21-44)39(45-27-8-12-30(13-9-27)66(53,54)55)48-40(46-28-10-14-31(15-11-28)67(56,57)58)37(22)50-52-42-47-38(25-7-6-23-4-2-3-5-24(23)16-25)41(65-42)51-49-29-19-33-32(36(20-29)69(62,63)64)17-26(43)18-35(33)68(59,60)61/h2-20H,1H3,(H2,45,46,48)(H,53,54,55)(H,56,57,58)(H,59,60,61)(H,62,63,64)/b51-49+,52-50+. The van der Waals surface area contributed by atoms with Gasteiger partial charge in [-0.1, -0.05) is 59.3 Å². The molecule has 0 atom stereocenters. The van der Waals surface area contributed by atoms with Crippen molar-refractivity contribution in [2.75, 3.05) is 10.6 Å². The summed E-state index contributed by atoms with van der Waals surface area (Å²) in [6, 6.07) is 28.7. The number of anilines is 4. The molecule has 2 heterocycles. The predicted molar refractivity (Wildman–Crippen MR) is 255 cm³/mol. The zero-order chi connectivity index (χ0) is 49.6. The number of halogens is 1. The molecule has 0 aliphatic rings. The maximum absolute atomic E-state index is 12.6. The maximum Gasteiger partial charge on any atom is 0.295 e. The van der Waals surface area contributed by atoms with E-state index in [1.54, 1.807) is 6.07 Å². The highest BCUT2D eigenvalue weighted by atomic mass is 35.5. The van der Waals surface area contributed by atoms with E-state index in [9.17, 15) is 57.1 Å². The molecule has 0 aliphatic heterocycles. The Morgan fingerprint density at radius 2 is 1.17 bits per heavy atom. The molecule has 0 spiro atoms. The molecule has 0 radical (unpaired) electrons. The van der Waals surface area contributed by atoms with Gasteiger partial charge < -0.3 is 10.6 Å². The van der Waals surface area contributed by atoms with E-state index in [-0.39, 0.29) is 82.0 Å². The highest BCUT2D eigenvalue weighted by Crippen LogP contribution is 2.44. The number of nitrogens with one attached hydrogen (secondary N) is 2. The molecule has 0 saturated heterocycles. The first-order valence-corrected chi connectivity index (χ1v) is 26.1. The minimum atomic E-state index is -5.05. The zero-order valence-electron chi connectivity index (χ0n) is 34.6. The number of rotatable bonds is 13. The van der Waals surface area contributed by atoms with Crippen molar-refractivity contribution in [3.63, 3.8) is 0 Å². The fourth-order valence-electron chi connectivity index (χ4n) is 6.79. The maximum atomic E-state index is 12.6. The quantitative estimate of drug-likeness (QED) is 0.0461. The monoisotopic (exact) mass is 1050 g/mol. The van der Waals surface area contributed by atoms with Crippen LogP contribution in [0.2, 0.25) is 5.02 Å². The summed E-state index contributed by atoms with van der Waals surface area (Å²) in [5, 5.41) is 34.4. The Morgan fingerprint density at radius 1 is 0.609 bits per heavy atom. The second-order valence-corrected chi connectivity index (χ2v) is 21.5. The number of azo groups is 2. The summed E-state index contributed by atoms with van der Waals surface area (Å²) in [4.78, 5) is 6.91. The summed E-state index contributed by atoms with van der Waals surface area (Å²) in [6.07, 6.45) is 0. The minimum absolute atomic E-state index is 0.0213. The second kappa shape index (κ2) is 18.4. The first-order chi connectivity index (χ1) is 32.5. The van der Waals surface area contributed by atoms with Gasteiger partial charge in [-0.05, 0) is 96.6 Å². The summed E-state index contributed by atoms with van der Waals surface area (Å²) in [5.74, 6) is -0.0894. The van der Waals surface area contributed by atoms with E-state index in [4.69, 9.17) is 11.6 Å². The molecule has 0 amide bonds. The van der Waals surface area contributed by atoms with Gasteiger partial charge in [0.15, 0.2) is 16.6 Å². The number of hydrogen-bond acceptors (Lipinski definition) is 18. The molecule has 0 aliphatic carbocycles.